The summed E-state index contributed by atoms with van der Waals surface area (Å²) >= 11 is 6.02. The van der Waals surface area contributed by atoms with Crippen molar-refractivity contribution in [3.8, 4) is 11.5 Å². The number of nitrogens with one attached hydrogen (secondary N) is 2. The maximum atomic E-state index is 6.02. The van der Waals surface area contributed by atoms with Gasteiger partial charge in [0, 0.05) is 13.1 Å². The topological polar surface area (TPSA) is 80.9 Å². The number of anilines is 1. The van der Waals surface area contributed by atoms with Gasteiger partial charge in [-0.15, -0.1) is 0 Å². The summed E-state index contributed by atoms with van der Waals surface area (Å²) in [4.78, 5) is 3.89. The van der Waals surface area contributed by atoms with Crippen LogP contribution >= 0.6 is 11.6 Å². The number of rotatable bonds is 3. The van der Waals surface area contributed by atoms with E-state index in [0.717, 1.165) is 0 Å². The number of hydrogen-bond donors (Lipinski definition) is 3. The molecule has 0 bridgehead atoms. The molecular formula is C10H15ClN4O2. The zero-order valence-corrected chi connectivity index (χ0v) is 10.6. The van der Waals surface area contributed by atoms with Crippen LogP contribution in [-0.4, -0.2) is 27.2 Å². The second-order valence-electron chi connectivity index (χ2n) is 3.03. The van der Waals surface area contributed by atoms with E-state index >= 15 is 0 Å². The number of methoxy groups -OCH3 is 2. The monoisotopic (exact) mass is 258 g/mol. The van der Waals surface area contributed by atoms with E-state index in [4.69, 9.17) is 26.9 Å². The maximum Gasteiger partial charge on any atom is 0.210 e. The zero-order chi connectivity index (χ0) is 12.8. The Labute approximate surface area is 105 Å². The fourth-order valence-corrected chi connectivity index (χ4v) is 1.48. The smallest absolute Gasteiger partial charge is 0.210 e. The van der Waals surface area contributed by atoms with Gasteiger partial charge in [-0.3, -0.25) is 10.4 Å². The Kier molecular flexibility index (Phi) is 4.86. The van der Waals surface area contributed by atoms with E-state index in [9.17, 15) is 0 Å². The second-order valence-corrected chi connectivity index (χ2v) is 3.44. The molecule has 4 N–H and O–H groups in total. The van der Waals surface area contributed by atoms with Gasteiger partial charge in [0.15, 0.2) is 0 Å². The van der Waals surface area contributed by atoms with Gasteiger partial charge in [0.1, 0.15) is 11.5 Å². The Morgan fingerprint density at radius 2 is 1.94 bits per heavy atom. The molecule has 1 rings (SSSR count). The van der Waals surface area contributed by atoms with Gasteiger partial charge in [0.2, 0.25) is 5.96 Å². The van der Waals surface area contributed by atoms with Gasteiger partial charge in [0.05, 0.1) is 24.9 Å². The van der Waals surface area contributed by atoms with Crippen LogP contribution < -0.4 is 26.1 Å². The molecule has 0 radical (unpaired) electrons. The molecule has 0 unspecified atom stereocenters. The van der Waals surface area contributed by atoms with Crippen molar-refractivity contribution in [3.63, 3.8) is 0 Å². The summed E-state index contributed by atoms with van der Waals surface area (Å²) in [5.74, 6) is 6.77. The van der Waals surface area contributed by atoms with E-state index in [-0.39, 0.29) is 0 Å². The fraction of sp³-hybridized carbons (Fsp3) is 0.300. The van der Waals surface area contributed by atoms with Crippen molar-refractivity contribution in [2.24, 2.45) is 10.8 Å². The molecule has 0 saturated heterocycles. The molecule has 6 nitrogen and oxygen atoms in total. The molecule has 0 aliphatic carbocycles. The lowest BCUT2D eigenvalue weighted by atomic mass is 10.2. The Morgan fingerprint density at radius 1 is 1.29 bits per heavy atom. The minimum atomic E-state index is 0.393. The fourth-order valence-electron chi connectivity index (χ4n) is 1.24. The normalized spacial score (nSPS) is 11.0. The minimum Gasteiger partial charge on any atom is -0.495 e. The largest absolute Gasteiger partial charge is 0.495 e. The molecule has 0 saturated carbocycles. The number of ether oxygens (including phenoxy) is 2. The number of aliphatic imine (C=N–C) groups is 1. The quantitative estimate of drug-likeness (QED) is 0.329. The van der Waals surface area contributed by atoms with E-state index in [1.54, 1.807) is 26.3 Å². The summed E-state index contributed by atoms with van der Waals surface area (Å²) in [6.07, 6.45) is 0. The summed E-state index contributed by atoms with van der Waals surface area (Å²) in [5, 5.41) is 3.40. The highest BCUT2D eigenvalue weighted by Crippen LogP contribution is 2.35. The van der Waals surface area contributed by atoms with Crippen molar-refractivity contribution in [2.75, 3.05) is 26.6 Å². The molecule has 0 amide bonds. The first-order chi connectivity index (χ1) is 8.15. The summed E-state index contributed by atoms with van der Waals surface area (Å²) < 4.78 is 10.3. The molecule has 0 spiro atoms. The maximum absolute atomic E-state index is 6.02. The lowest BCUT2D eigenvalue weighted by Crippen LogP contribution is -2.36. The highest BCUT2D eigenvalue weighted by Gasteiger charge is 2.10. The molecule has 1 aromatic carbocycles. The molecule has 0 aliphatic heterocycles. The predicted octanol–water partition coefficient (Wildman–Crippen LogP) is 1.22. The number of guanidine groups is 1. The first-order valence-electron chi connectivity index (χ1n) is 4.78. The standard InChI is InChI=1S/C10H15ClN4O2/c1-13-10(15-12)14-7-4-6(11)8(16-2)5-9(7)17-3/h4-5H,12H2,1-3H3,(H2,13,14,15). The third-order valence-corrected chi connectivity index (χ3v) is 2.38. The molecule has 0 fully saturated rings. The van der Waals surface area contributed by atoms with Crippen molar-refractivity contribution in [2.45, 2.75) is 0 Å². The third kappa shape index (κ3) is 3.15. The number of nitrogens with two attached hydrogens (primary N) is 1. The Hall–Kier alpha value is -1.66. The third-order valence-electron chi connectivity index (χ3n) is 2.09. The van der Waals surface area contributed by atoms with Crippen LogP contribution in [0.2, 0.25) is 5.02 Å². The van der Waals surface area contributed by atoms with Crippen LogP contribution in [-0.2, 0) is 0 Å². The summed E-state index contributed by atoms with van der Waals surface area (Å²) in [5.41, 5.74) is 3.04. The van der Waals surface area contributed by atoms with Crippen LogP contribution in [0.5, 0.6) is 11.5 Å². The number of halogens is 1. The highest BCUT2D eigenvalue weighted by atomic mass is 35.5. The van der Waals surface area contributed by atoms with Gasteiger partial charge in [0.25, 0.3) is 0 Å². The van der Waals surface area contributed by atoms with Gasteiger partial charge in [-0.25, -0.2) is 5.84 Å². The summed E-state index contributed by atoms with van der Waals surface area (Å²) in [6.45, 7) is 0. The molecular weight excluding hydrogens is 244 g/mol. The van der Waals surface area contributed by atoms with Crippen LogP contribution in [0.3, 0.4) is 0 Å². The second kappa shape index (κ2) is 6.17. The van der Waals surface area contributed by atoms with Crippen molar-refractivity contribution in [3.05, 3.63) is 17.2 Å². The van der Waals surface area contributed by atoms with Crippen molar-refractivity contribution < 1.29 is 9.47 Å². The van der Waals surface area contributed by atoms with Gasteiger partial charge in [-0.05, 0) is 6.07 Å². The molecule has 17 heavy (non-hydrogen) atoms. The highest BCUT2D eigenvalue weighted by molar-refractivity contribution is 6.32. The summed E-state index contributed by atoms with van der Waals surface area (Å²) in [7, 11) is 4.68. The van der Waals surface area contributed by atoms with E-state index in [0.29, 0.717) is 28.2 Å². The lowest BCUT2D eigenvalue weighted by molar-refractivity contribution is 0.396. The van der Waals surface area contributed by atoms with Crippen molar-refractivity contribution >= 4 is 23.2 Å². The number of benzene rings is 1. The number of hydrogen-bond acceptors (Lipinski definition) is 4. The van der Waals surface area contributed by atoms with Gasteiger partial charge < -0.3 is 14.8 Å². The van der Waals surface area contributed by atoms with Crippen molar-refractivity contribution in [1.29, 1.82) is 0 Å². The molecule has 94 valence electrons. The number of nitrogens with zero attached hydrogens (tertiary/aromatic N) is 1. The Morgan fingerprint density at radius 3 is 2.41 bits per heavy atom. The van der Waals surface area contributed by atoms with Crippen LogP contribution in [0.4, 0.5) is 5.69 Å². The van der Waals surface area contributed by atoms with E-state index in [1.165, 1.54) is 7.11 Å². The Bertz CT molecular complexity index is 423. The Balaban J connectivity index is 3.10. The van der Waals surface area contributed by atoms with Gasteiger partial charge in [-0.1, -0.05) is 11.6 Å². The van der Waals surface area contributed by atoms with Crippen LogP contribution in [0.25, 0.3) is 0 Å². The molecule has 0 aromatic heterocycles. The zero-order valence-electron chi connectivity index (χ0n) is 9.87. The van der Waals surface area contributed by atoms with Crippen LogP contribution in [0.1, 0.15) is 0 Å². The number of hydrazine groups is 1. The first-order valence-corrected chi connectivity index (χ1v) is 5.16. The molecule has 0 aliphatic rings. The van der Waals surface area contributed by atoms with Crippen LogP contribution in [0, 0.1) is 0 Å². The SMILES string of the molecule is CN=C(NN)Nc1cc(Cl)c(OC)cc1OC. The molecule has 0 heterocycles. The molecule has 7 heteroatoms. The summed E-state index contributed by atoms with van der Waals surface area (Å²) in [6, 6.07) is 3.34. The van der Waals surface area contributed by atoms with Gasteiger partial charge >= 0.3 is 0 Å². The van der Waals surface area contributed by atoms with E-state index < -0.39 is 0 Å². The average molecular weight is 259 g/mol. The molecule has 1 aromatic rings. The predicted molar refractivity (Wildman–Crippen MR) is 68.9 cm³/mol. The minimum absolute atomic E-state index is 0.393. The lowest BCUT2D eigenvalue weighted by Gasteiger charge is -2.14. The van der Waals surface area contributed by atoms with Crippen LogP contribution in [0.15, 0.2) is 17.1 Å². The molecule has 0 atom stereocenters. The average Bonchev–Trinajstić information content (AvgIpc) is 2.36. The van der Waals surface area contributed by atoms with Crippen molar-refractivity contribution in [1.82, 2.24) is 5.43 Å². The van der Waals surface area contributed by atoms with E-state index in [1.807, 2.05) is 0 Å². The first kappa shape index (κ1) is 13.4. The van der Waals surface area contributed by atoms with Gasteiger partial charge in [-0.2, -0.15) is 0 Å². The van der Waals surface area contributed by atoms with E-state index in [2.05, 4.69) is 15.7 Å².